The van der Waals surface area contributed by atoms with Crippen molar-refractivity contribution in [2.75, 3.05) is 6.26 Å². The van der Waals surface area contributed by atoms with Crippen LogP contribution in [0.15, 0.2) is 59.0 Å². The SMILES string of the molecule is CC(NC(=O)c1cccc(CS(C)=O)c1)c1cc2ccccc2o1. The molecular formula is C19H19NO3S. The number of hydrogen-bond acceptors (Lipinski definition) is 3. The molecule has 0 aliphatic rings. The molecule has 24 heavy (non-hydrogen) atoms. The predicted octanol–water partition coefficient (Wildman–Crippen LogP) is 3.80. The summed E-state index contributed by atoms with van der Waals surface area (Å²) in [5.74, 6) is 0.988. The molecule has 3 rings (SSSR count). The first kappa shape index (κ1) is 16.5. The molecule has 2 aromatic carbocycles. The summed E-state index contributed by atoms with van der Waals surface area (Å²) in [5, 5.41) is 3.96. The number of furan rings is 1. The molecule has 1 amide bonds. The first-order chi connectivity index (χ1) is 11.5. The van der Waals surface area contributed by atoms with E-state index in [4.69, 9.17) is 4.42 Å². The number of para-hydroxylation sites is 1. The van der Waals surface area contributed by atoms with E-state index in [9.17, 15) is 9.00 Å². The van der Waals surface area contributed by atoms with Crippen LogP contribution >= 0.6 is 0 Å². The maximum atomic E-state index is 12.5. The smallest absolute Gasteiger partial charge is 0.251 e. The molecule has 0 saturated carbocycles. The molecule has 5 heteroatoms. The van der Waals surface area contributed by atoms with Gasteiger partial charge in [-0.05, 0) is 36.8 Å². The first-order valence-electron chi connectivity index (χ1n) is 7.71. The van der Waals surface area contributed by atoms with Gasteiger partial charge in [0.15, 0.2) is 0 Å². The Morgan fingerprint density at radius 1 is 1.17 bits per heavy atom. The molecule has 0 radical (unpaired) electrons. The Kier molecular flexibility index (Phi) is 4.81. The van der Waals surface area contributed by atoms with Crippen molar-refractivity contribution in [3.63, 3.8) is 0 Å². The van der Waals surface area contributed by atoms with Crippen molar-refractivity contribution >= 4 is 27.7 Å². The number of nitrogens with one attached hydrogen (secondary N) is 1. The summed E-state index contributed by atoms with van der Waals surface area (Å²) in [6, 6.07) is 16.7. The summed E-state index contributed by atoms with van der Waals surface area (Å²) in [6.07, 6.45) is 1.65. The van der Waals surface area contributed by atoms with Crippen molar-refractivity contribution in [3.8, 4) is 0 Å². The van der Waals surface area contributed by atoms with Crippen LogP contribution in [-0.4, -0.2) is 16.4 Å². The lowest BCUT2D eigenvalue weighted by Crippen LogP contribution is -2.26. The summed E-state index contributed by atoms with van der Waals surface area (Å²) in [6.45, 7) is 1.89. The van der Waals surface area contributed by atoms with Crippen molar-refractivity contribution in [1.29, 1.82) is 0 Å². The number of rotatable bonds is 5. The number of hydrogen-bond donors (Lipinski definition) is 1. The Hall–Kier alpha value is -2.40. The van der Waals surface area contributed by atoms with E-state index >= 15 is 0 Å². The van der Waals surface area contributed by atoms with E-state index in [1.54, 1.807) is 18.4 Å². The van der Waals surface area contributed by atoms with E-state index in [-0.39, 0.29) is 11.9 Å². The molecule has 0 bridgehead atoms. The van der Waals surface area contributed by atoms with Gasteiger partial charge in [0, 0.05) is 33.8 Å². The molecule has 3 aromatic rings. The van der Waals surface area contributed by atoms with E-state index < -0.39 is 10.8 Å². The molecule has 1 N–H and O–H groups in total. The standard InChI is InChI=1S/C19H19NO3S/c1-13(18-11-15-7-3-4-9-17(15)23-18)20-19(21)16-8-5-6-14(10-16)12-24(2)22/h3-11,13H,12H2,1-2H3,(H,20,21). The lowest BCUT2D eigenvalue weighted by atomic mass is 10.1. The highest BCUT2D eigenvalue weighted by Crippen LogP contribution is 2.23. The van der Waals surface area contributed by atoms with Crippen LogP contribution in [0.3, 0.4) is 0 Å². The van der Waals surface area contributed by atoms with Crippen molar-refractivity contribution in [2.24, 2.45) is 0 Å². The number of amides is 1. The topological polar surface area (TPSA) is 59.3 Å². The Labute approximate surface area is 143 Å². The summed E-state index contributed by atoms with van der Waals surface area (Å²) < 4.78 is 17.1. The van der Waals surface area contributed by atoms with E-state index in [1.807, 2.05) is 49.4 Å². The highest BCUT2D eigenvalue weighted by molar-refractivity contribution is 7.83. The van der Waals surface area contributed by atoms with Gasteiger partial charge < -0.3 is 9.73 Å². The second-order valence-electron chi connectivity index (χ2n) is 5.80. The Morgan fingerprint density at radius 2 is 1.96 bits per heavy atom. The summed E-state index contributed by atoms with van der Waals surface area (Å²) in [4.78, 5) is 12.5. The minimum atomic E-state index is -0.934. The van der Waals surface area contributed by atoms with Gasteiger partial charge in [-0.15, -0.1) is 0 Å². The van der Waals surface area contributed by atoms with Gasteiger partial charge in [-0.1, -0.05) is 30.3 Å². The average molecular weight is 341 g/mol. The predicted molar refractivity (Wildman–Crippen MR) is 96.3 cm³/mol. The minimum absolute atomic E-state index is 0.174. The lowest BCUT2D eigenvalue weighted by Gasteiger charge is -2.12. The summed E-state index contributed by atoms with van der Waals surface area (Å²) in [5.41, 5.74) is 2.25. The van der Waals surface area contributed by atoms with Gasteiger partial charge in [0.05, 0.1) is 6.04 Å². The molecule has 0 aliphatic carbocycles. The van der Waals surface area contributed by atoms with Gasteiger partial charge in [0.25, 0.3) is 5.91 Å². The van der Waals surface area contributed by atoms with Gasteiger partial charge >= 0.3 is 0 Å². The normalized spacial score (nSPS) is 13.6. The molecule has 0 saturated heterocycles. The third kappa shape index (κ3) is 3.74. The quantitative estimate of drug-likeness (QED) is 0.768. The first-order valence-corrected chi connectivity index (χ1v) is 9.44. The van der Waals surface area contributed by atoms with Crippen molar-refractivity contribution in [3.05, 3.63) is 71.5 Å². The molecule has 4 nitrogen and oxygen atoms in total. The number of carbonyl (C=O) groups excluding carboxylic acids is 1. The van der Waals surface area contributed by atoms with Crippen LogP contribution in [0, 0.1) is 0 Å². The lowest BCUT2D eigenvalue weighted by molar-refractivity contribution is 0.0935. The van der Waals surface area contributed by atoms with Gasteiger partial charge in [-0.25, -0.2) is 0 Å². The van der Waals surface area contributed by atoms with Crippen LogP contribution in [0.1, 0.15) is 34.6 Å². The molecule has 0 fully saturated rings. The Morgan fingerprint density at radius 3 is 2.71 bits per heavy atom. The van der Waals surface area contributed by atoms with Gasteiger partial charge in [0.1, 0.15) is 11.3 Å². The largest absolute Gasteiger partial charge is 0.459 e. The van der Waals surface area contributed by atoms with Gasteiger partial charge in [-0.3, -0.25) is 9.00 Å². The van der Waals surface area contributed by atoms with E-state index in [2.05, 4.69) is 5.32 Å². The molecular weight excluding hydrogens is 322 g/mol. The molecule has 0 aliphatic heterocycles. The van der Waals surface area contributed by atoms with Crippen molar-refractivity contribution in [1.82, 2.24) is 5.32 Å². The van der Waals surface area contributed by atoms with Gasteiger partial charge in [0.2, 0.25) is 0 Å². The third-order valence-corrected chi connectivity index (χ3v) is 4.52. The number of carbonyl (C=O) groups is 1. The Balaban J connectivity index is 1.75. The average Bonchev–Trinajstić information content (AvgIpc) is 2.98. The Bertz CT molecular complexity index is 867. The fourth-order valence-corrected chi connectivity index (χ4v) is 3.25. The molecule has 2 atom stereocenters. The highest BCUT2D eigenvalue weighted by atomic mass is 32.2. The van der Waals surface area contributed by atoms with Crippen LogP contribution in [-0.2, 0) is 16.6 Å². The number of benzene rings is 2. The molecule has 1 aromatic heterocycles. The molecule has 1 heterocycles. The van der Waals surface area contributed by atoms with Crippen LogP contribution < -0.4 is 5.32 Å². The monoisotopic (exact) mass is 341 g/mol. The summed E-state index contributed by atoms with van der Waals surface area (Å²) in [7, 11) is -0.934. The van der Waals surface area contributed by atoms with Crippen molar-refractivity contribution < 1.29 is 13.4 Å². The van der Waals surface area contributed by atoms with E-state index in [0.29, 0.717) is 11.3 Å². The molecule has 124 valence electrons. The fraction of sp³-hybridized carbons (Fsp3) is 0.211. The zero-order valence-electron chi connectivity index (χ0n) is 13.6. The minimum Gasteiger partial charge on any atom is -0.459 e. The van der Waals surface area contributed by atoms with Crippen LogP contribution in [0.5, 0.6) is 0 Å². The number of fused-ring (bicyclic) bond motifs is 1. The second kappa shape index (κ2) is 7.01. The zero-order valence-corrected chi connectivity index (χ0v) is 14.4. The van der Waals surface area contributed by atoms with Crippen LogP contribution in [0.25, 0.3) is 11.0 Å². The zero-order chi connectivity index (χ0) is 17.1. The molecule has 2 unspecified atom stereocenters. The van der Waals surface area contributed by atoms with Crippen LogP contribution in [0.2, 0.25) is 0 Å². The second-order valence-corrected chi connectivity index (χ2v) is 7.23. The van der Waals surface area contributed by atoms with Crippen LogP contribution in [0.4, 0.5) is 0 Å². The maximum absolute atomic E-state index is 12.5. The maximum Gasteiger partial charge on any atom is 0.251 e. The van der Waals surface area contributed by atoms with Gasteiger partial charge in [-0.2, -0.15) is 0 Å². The third-order valence-electron chi connectivity index (χ3n) is 3.78. The summed E-state index contributed by atoms with van der Waals surface area (Å²) >= 11 is 0. The fourth-order valence-electron chi connectivity index (χ4n) is 2.60. The highest BCUT2D eigenvalue weighted by Gasteiger charge is 2.15. The van der Waals surface area contributed by atoms with E-state index in [1.165, 1.54) is 0 Å². The molecule has 0 spiro atoms. The van der Waals surface area contributed by atoms with E-state index in [0.717, 1.165) is 22.3 Å². The van der Waals surface area contributed by atoms with Crippen molar-refractivity contribution in [2.45, 2.75) is 18.7 Å².